The predicted molar refractivity (Wildman–Crippen MR) is 78.0 cm³/mol. The fourth-order valence-corrected chi connectivity index (χ4v) is 2.09. The molecule has 0 aliphatic rings. The van der Waals surface area contributed by atoms with Crippen LogP contribution in [0, 0.1) is 5.82 Å². The Morgan fingerprint density at radius 1 is 1.00 bits per heavy atom. The Morgan fingerprint density at radius 2 is 1.81 bits per heavy atom. The molecule has 5 heteroatoms. The summed E-state index contributed by atoms with van der Waals surface area (Å²) in [5.74, 6) is 0.337. The van der Waals surface area contributed by atoms with Crippen molar-refractivity contribution >= 4 is 5.69 Å². The molecule has 0 aliphatic heterocycles. The summed E-state index contributed by atoms with van der Waals surface area (Å²) in [6.07, 6.45) is 1.47. The van der Waals surface area contributed by atoms with Crippen LogP contribution in [-0.2, 0) is 12.8 Å². The molecule has 21 heavy (non-hydrogen) atoms. The van der Waals surface area contributed by atoms with E-state index in [-0.39, 0.29) is 11.6 Å². The smallest absolute Gasteiger partial charge is 0.260 e. The number of benzene rings is 2. The van der Waals surface area contributed by atoms with Gasteiger partial charge in [0.15, 0.2) is 5.82 Å². The fourth-order valence-electron chi connectivity index (χ4n) is 2.09. The molecule has 0 radical (unpaired) electrons. The standard InChI is InChI=1S/C16H14FN3O/c17-13-8-4-7-12(15(13)18)16-19-14(20-21-16)10-9-11-5-2-1-3-6-11/h1-8H,9-10,18H2. The molecule has 0 saturated heterocycles. The van der Waals surface area contributed by atoms with E-state index in [1.165, 1.54) is 11.6 Å². The minimum Gasteiger partial charge on any atom is -0.396 e. The van der Waals surface area contributed by atoms with Crippen molar-refractivity contribution in [2.24, 2.45) is 0 Å². The number of aromatic nitrogens is 2. The summed E-state index contributed by atoms with van der Waals surface area (Å²) in [7, 11) is 0. The Labute approximate surface area is 121 Å². The Morgan fingerprint density at radius 3 is 2.62 bits per heavy atom. The Hall–Kier alpha value is -2.69. The quantitative estimate of drug-likeness (QED) is 0.746. The van der Waals surface area contributed by atoms with Gasteiger partial charge >= 0.3 is 0 Å². The van der Waals surface area contributed by atoms with E-state index in [1.807, 2.05) is 30.3 Å². The monoisotopic (exact) mass is 283 g/mol. The molecular weight excluding hydrogens is 269 g/mol. The summed E-state index contributed by atoms with van der Waals surface area (Å²) in [5, 5.41) is 3.91. The van der Waals surface area contributed by atoms with E-state index >= 15 is 0 Å². The van der Waals surface area contributed by atoms with Crippen LogP contribution < -0.4 is 5.73 Å². The molecule has 0 unspecified atom stereocenters. The number of nitrogens with zero attached hydrogens (tertiary/aromatic N) is 2. The zero-order valence-corrected chi connectivity index (χ0v) is 11.3. The Bertz CT molecular complexity index is 740. The molecule has 0 atom stereocenters. The Balaban J connectivity index is 1.76. The van der Waals surface area contributed by atoms with Gasteiger partial charge in [0, 0.05) is 6.42 Å². The summed E-state index contributed by atoms with van der Waals surface area (Å²) in [4.78, 5) is 4.27. The highest BCUT2D eigenvalue weighted by molar-refractivity contribution is 5.70. The molecular formula is C16H14FN3O. The molecule has 1 heterocycles. The molecule has 0 aliphatic carbocycles. The van der Waals surface area contributed by atoms with Gasteiger partial charge in [0.1, 0.15) is 5.82 Å². The van der Waals surface area contributed by atoms with E-state index in [0.29, 0.717) is 17.8 Å². The summed E-state index contributed by atoms with van der Waals surface area (Å²) >= 11 is 0. The van der Waals surface area contributed by atoms with Gasteiger partial charge in [-0.1, -0.05) is 41.6 Å². The van der Waals surface area contributed by atoms with Gasteiger partial charge in [0.25, 0.3) is 5.89 Å². The first kappa shape index (κ1) is 13.3. The number of hydrogen-bond donors (Lipinski definition) is 1. The van der Waals surface area contributed by atoms with E-state index < -0.39 is 5.82 Å². The molecule has 0 fully saturated rings. The lowest BCUT2D eigenvalue weighted by Crippen LogP contribution is -1.95. The first-order valence-corrected chi connectivity index (χ1v) is 6.65. The number of hydrogen-bond acceptors (Lipinski definition) is 4. The second kappa shape index (κ2) is 5.75. The van der Waals surface area contributed by atoms with Gasteiger partial charge in [0.05, 0.1) is 11.3 Å². The maximum Gasteiger partial charge on any atom is 0.260 e. The minimum atomic E-state index is -0.489. The van der Waals surface area contributed by atoms with Gasteiger partial charge in [-0.15, -0.1) is 0 Å². The van der Waals surface area contributed by atoms with E-state index in [2.05, 4.69) is 10.1 Å². The third kappa shape index (κ3) is 2.91. The van der Waals surface area contributed by atoms with Crippen molar-refractivity contribution in [3.05, 3.63) is 65.7 Å². The lowest BCUT2D eigenvalue weighted by molar-refractivity contribution is 0.422. The van der Waals surface area contributed by atoms with E-state index in [0.717, 1.165) is 6.42 Å². The molecule has 3 aromatic rings. The summed E-state index contributed by atoms with van der Waals surface area (Å²) < 4.78 is 18.6. The highest BCUT2D eigenvalue weighted by Crippen LogP contribution is 2.26. The minimum absolute atomic E-state index is 0.0239. The maximum absolute atomic E-state index is 13.4. The third-order valence-corrected chi connectivity index (χ3v) is 3.23. The topological polar surface area (TPSA) is 64.9 Å². The van der Waals surface area contributed by atoms with E-state index in [1.54, 1.807) is 12.1 Å². The third-order valence-electron chi connectivity index (χ3n) is 3.23. The molecule has 2 N–H and O–H groups in total. The number of nitrogen functional groups attached to an aromatic ring is 1. The first-order valence-electron chi connectivity index (χ1n) is 6.65. The van der Waals surface area contributed by atoms with Gasteiger partial charge in [-0.25, -0.2) is 4.39 Å². The molecule has 106 valence electrons. The maximum atomic E-state index is 13.4. The van der Waals surface area contributed by atoms with Gasteiger partial charge in [-0.3, -0.25) is 0 Å². The number of rotatable bonds is 4. The number of para-hydroxylation sites is 1. The molecule has 0 saturated carbocycles. The van der Waals surface area contributed by atoms with Crippen LogP contribution >= 0.6 is 0 Å². The summed E-state index contributed by atoms with van der Waals surface area (Å²) in [5.41, 5.74) is 7.34. The number of halogens is 1. The molecule has 2 aromatic carbocycles. The first-order chi connectivity index (χ1) is 10.2. The van der Waals surface area contributed by atoms with Crippen LogP contribution in [0.2, 0.25) is 0 Å². The molecule has 0 bridgehead atoms. The predicted octanol–water partition coefficient (Wildman–Crippen LogP) is 3.24. The normalized spacial score (nSPS) is 10.7. The van der Waals surface area contributed by atoms with Crippen molar-refractivity contribution in [3.8, 4) is 11.5 Å². The van der Waals surface area contributed by atoms with Crippen molar-refractivity contribution in [1.82, 2.24) is 10.1 Å². The zero-order valence-electron chi connectivity index (χ0n) is 11.3. The highest BCUT2D eigenvalue weighted by Gasteiger charge is 2.13. The average Bonchev–Trinajstić information content (AvgIpc) is 2.98. The van der Waals surface area contributed by atoms with Crippen molar-refractivity contribution in [3.63, 3.8) is 0 Å². The van der Waals surface area contributed by atoms with Crippen molar-refractivity contribution < 1.29 is 8.91 Å². The molecule has 3 rings (SSSR count). The fraction of sp³-hybridized carbons (Fsp3) is 0.125. The zero-order chi connectivity index (χ0) is 14.7. The van der Waals surface area contributed by atoms with Crippen molar-refractivity contribution in [2.45, 2.75) is 12.8 Å². The molecule has 4 nitrogen and oxygen atoms in total. The van der Waals surface area contributed by atoms with Gasteiger partial charge in [0.2, 0.25) is 0 Å². The number of anilines is 1. The Kier molecular flexibility index (Phi) is 3.64. The van der Waals surface area contributed by atoms with E-state index in [9.17, 15) is 4.39 Å². The molecule has 1 aromatic heterocycles. The van der Waals surface area contributed by atoms with Crippen LogP contribution in [0.5, 0.6) is 0 Å². The van der Waals surface area contributed by atoms with Crippen LogP contribution in [0.1, 0.15) is 11.4 Å². The van der Waals surface area contributed by atoms with Crippen LogP contribution in [0.15, 0.2) is 53.1 Å². The number of nitrogens with two attached hydrogens (primary N) is 1. The van der Waals surface area contributed by atoms with Crippen molar-refractivity contribution in [2.75, 3.05) is 5.73 Å². The van der Waals surface area contributed by atoms with Gasteiger partial charge in [-0.05, 0) is 24.1 Å². The average molecular weight is 283 g/mol. The molecule has 0 spiro atoms. The second-order valence-corrected chi connectivity index (χ2v) is 4.70. The van der Waals surface area contributed by atoms with Gasteiger partial charge in [-0.2, -0.15) is 4.98 Å². The van der Waals surface area contributed by atoms with Crippen LogP contribution in [0.25, 0.3) is 11.5 Å². The lowest BCUT2D eigenvalue weighted by atomic mass is 10.1. The number of aryl methyl sites for hydroxylation is 2. The van der Waals surface area contributed by atoms with Crippen molar-refractivity contribution in [1.29, 1.82) is 0 Å². The van der Waals surface area contributed by atoms with Crippen LogP contribution in [0.4, 0.5) is 10.1 Å². The molecule has 0 amide bonds. The SMILES string of the molecule is Nc1c(F)cccc1-c1nc(CCc2ccccc2)no1. The van der Waals surface area contributed by atoms with Gasteiger partial charge < -0.3 is 10.3 Å². The highest BCUT2D eigenvalue weighted by atomic mass is 19.1. The van der Waals surface area contributed by atoms with Crippen LogP contribution in [0.3, 0.4) is 0 Å². The largest absolute Gasteiger partial charge is 0.396 e. The summed E-state index contributed by atoms with van der Waals surface area (Å²) in [6, 6.07) is 14.6. The summed E-state index contributed by atoms with van der Waals surface area (Å²) in [6.45, 7) is 0. The van der Waals surface area contributed by atoms with Crippen LogP contribution in [-0.4, -0.2) is 10.1 Å². The second-order valence-electron chi connectivity index (χ2n) is 4.70. The van der Waals surface area contributed by atoms with E-state index in [4.69, 9.17) is 10.3 Å². The lowest BCUT2D eigenvalue weighted by Gasteiger charge is -2.00.